The minimum Gasteiger partial charge on any atom is -0.493 e. The first-order chi connectivity index (χ1) is 17.4. The molecular weight excluding hydrogens is 466 g/mol. The van der Waals surface area contributed by atoms with Crippen LogP contribution in [-0.4, -0.2) is 42.0 Å². The van der Waals surface area contributed by atoms with Gasteiger partial charge < -0.3 is 9.47 Å². The van der Waals surface area contributed by atoms with Crippen molar-refractivity contribution in [3.8, 4) is 11.5 Å². The van der Waals surface area contributed by atoms with E-state index in [9.17, 15) is 19.7 Å². The fourth-order valence-corrected chi connectivity index (χ4v) is 4.79. The van der Waals surface area contributed by atoms with Crippen molar-refractivity contribution in [2.24, 2.45) is 5.92 Å². The Kier molecular flexibility index (Phi) is 6.03. The van der Waals surface area contributed by atoms with Crippen molar-refractivity contribution in [1.29, 1.82) is 0 Å². The number of methoxy groups -OCH3 is 2. The first-order valence-electron chi connectivity index (χ1n) is 11.2. The molecule has 2 heterocycles. The van der Waals surface area contributed by atoms with Gasteiger partial charge in [0.25, 0.3) is 11.6 Å². The number of rotatable bonds is 7. The third kappa shape index (κ3) is 3.81. The lowest BCUT2D eigenvalue weighted by molar-refractivity contribution is -0.385. The van der Waals surface area contributed by atoms with E-state index in [1.54, 1.807) is 24.3 Å². The molecule has 0 aliphatic carbocycles. The zero-order chi connectivity index (χ0) is 25.4. The molecule has 3 aromatic carbocycles. The lowest BCUT2D eigenvalue weighted by Gasteiger charge is -2.29. The number of hydrogen-bond donors (Lipinski definition) is 0. The number of amides is 2. The van der Waals surface area contributed by atoms with Gasteiger partial charge in [0.15, 0.2) is 17.6 Å². The maximum absolute atomic E-state index is 13.7. The first kappa shape index (κ1) is 23.3. The predicted molar refractivity (Wildman–Crippen MR) is 128 cm³/mol. The molecule has 2 aliphatic rings. The highest BCUT2D eigenvalue weighted by molar-refractivity contribution is 6.07. The SMILES string of the molecule is COc1cc([C@@H]2[C@H]3C(=O)N(Cc4ccccc4)C(=O)[C@@H]3ON2c2ccccc2)c([N+](=O)[O-])cc1OC. The molecule has 0 N–H and O–H groups in total. The number of fused-ring (bicyclic) bond motifs is 1. The van der Waals surface area contributed by atoms with Crippen LogP contribution in [0, 0.1) is 16.0 Å². The molecule has 0 unspecified atom stereocenters. The molecule has 2 aliphatic heterocycles. The summed E-state index contributed by atoms with van der Waals surface area (Å²) in [6, 6.07) is 19.8. The zero-order valence-corrected chi connectivity index (χ0v) is 19.6. The van der Waals surface area contributed by atoms with Gasteiger partial charge in [-0.15, -0.1) is 0 Å². The summed E-state index contributed by atoms with van der Waals surface area (Å²) in [6.45, 7) is 0.0843. The van der Waals surface area contributed by atoms with E-state index in [1.165, 1.54) is 31.4 Å². The molecule has 3 aromatic rings. The Morgan fingerprint density at radius 1 is 0.917 bits per heavy atom. The predicted octanol–water partition coefficient (Wildman–Crippen LogP) is 3.66. The molecule has 0 saturated carbocycles. The number of carbonyl (C=O) groups excluding carboxylic acids is 2. The third-order valence-corrected chi connectivity index (χ3v) is 6.45. The summed E-state index contributed by atoms with van der Waals surface area (Å²) in [4.78, 5) is 45.9. The highest BCUT2D eigenvalue weighted by atomic mass is 16.7. The number of para-hydroxylation sites is 1. The van der Waals surface area contributed by atoms with Crippen LogP contribution in [0.15, 0.2) is 72.8 Å². The Morgan fingerprint density at radius 2 is 1.53 bits per heavy atom. The zero-order valence-electron chi connectivity index (χ0n) is 19.6. The number of nitro groups is 1. The summed E-state index contributed by atoms with van der Waals surface area (Å²) in [6.07, 6.45) is -1.13. The number of nitro benzene ring substituents is 1. The van der Waals surface area contributed by atoms with Crippen molar-refractivity contribution in [2.45, 2.75) is 18.7 Å². The number of ether oxygens (including phenoxy) is 2. The molecule has 10 nitrogen and oxygen atoms in total. The number of benzene rings is 3. The van der Waals surface area contributed by atoms with E-state index in [1.807, 2.05) is 36.4 Å². The number of hydroxylamine groups is 1. The summed E-state index contributed by atoms with van der Waals surface area (Å²) >= 11 is 0. The molecule has 0 bridgehead atoms. The van der Waals surface area contributed by atoms with Gasteiger partial charge in [-0.1, -0.05) is 48.5 Å². The van der Waals surface area contributed by atoms with E-state index in [0.717, 1.165) is 10.5 Å². The summed E-state index contributed by atoms with van der Waals surface area (Å²) in [5.41, 5.74) is 1.24. The lowest BCUT2D eigenvalue weighted by atomic mass is 9.89. The number of imide groups is 1. The third-order valence-electron chi connectivity index (χ3n) is 6.45. The molecule has 2 saturated heterocycles. The Hall–Kier alpha value is -4.44. The van der Waals surface area contributed by atoms with Crippen LogP contribution in [0.3, 0.4) is 0 Å². The molecule has 0 radical (unpaired) electrons. The molecule has 0 spiro atoms. The molecule has 36 heavy (non-hydrogen) atoms. The fraction of sp³-hybridized carbons (Fsp3) is 0.231. The standard InChI is InChI=1S/C26H23N3O7/c1-34-20-13-18(19(29(32)33)14-21(20)35-2)23-22-24(36-28(23)17-11-7-4-8-12-17)26(31)27(25(22)30)15-16-9-5-3-6-10-16/h3-14,22-24H,15H2,1-2H3/t22-,23-,24-/m1/s1. The monoisotopic (exact) mass is 489 g/mol. The van der Waals surface area contributed by atoms with Gasteiger partial charge in [0.2, 0.25) is 5.91 Å². The van der Waals surface area contributed by atoms with Gasteiger partial charge in [-0.2, -0.15) is 0 Å². The largest absolute Gasteiger partial charge is 0.493 e. The number of carbonyl (C=O) groups is 2. The Morgan fingerprint density at radius 3 is 2.14 bits per heavy atom. The normalized spacial score (nSPS) is 21.0. The maximum atomic E-state index is 13.7. The second-order valence-corrected chi connectivity index (χ2v) is 8.43. The average Bonchev–Trinajstić information content (AvgIpc) is 3.40. The van der Waals surface area contributed by atoms with Crippen molar-refractivity contribution >= 4 is 23.2 Å². The Balaban J connectivity index is 1.63. The summed E-state index contributed by atoms with van der Waals surface area (Å²) < 4.78 is 10.7. The van der Waals surface area contributed by atoms with Gasteiger partial charge in [-0.25, -0.2) is 5.06 Å². The fourth-order valence-electron chi connectivity index (χ4n) is 4.79. The van der Waals surface area contributed by atoms with Crippen molar-refractivity contribution in [3.63, 3.8) is 0 Å². The van der Waals surface area contributed by atoms with Crippen molar-refractivity contribution in [1.82, 2.24) is 4.90 Å². The van der Waals surface area contributed by atoms with Gasteiger partial charge in [-0.05, 0) is 23.8 Å². The van der Waals surface area contributed by atoms with Gasteiger partial charge in [-0.3, -0.25) is 29.4 Å². The Bertz CT molecular complexity index is 1320. The van der Waals surface area contributed by atoms with Crippen LogP contribution in [0.1, 0.15) is 17.2 Å². The van der Waals surface area contributed by atoms with E-state index >= 15 is 0 Å². The average molecular weight is 489 g/mol. The van der Waals surface area contributed by atoms with Crippen LogP contribution in [0.5, 0.6) is 11.5 Å². The van der Waals surface area contributed by atoms with Gasteiger partial charge >= 0.3 is 0 Å². The highest BCUT2D eigenvalue weighted by Crippen LogP contribution is 2.50. The van der Waals surface area contributed by atoms with E-state index in [2.05, 4.69) is 0 Å². The van der Waals surface area contributed by atoms with E-state index < -0.39 is 34.8 Å². The summed E-state index contributed by atoms with van der Waals surface area (Å²) in [5.74, 6) is -1.51. The van der Waals surface area contributed by atoms with E-state index in [0.29, 0.717) is 5.69 Å². The topological polar surface area (TPSA) is 111 Å². The highest BCUT2D eigenvalue weighted by Gasteiger charge is 2.61. The number of likely N-dealkylation sites (tertiary alicyclic amines) is 1. The Labute approximate surface area is 206 Å². The first-order valence-corrected chi connectivity index (χ1v) is 11.2. The molecule has 10 heteroatoms. The van der Waals surface area contributed by atoms with Gasteiger partial charge in [0.05, 0.1) is 43.0 Å². The number of anilines is 1. The van der Waals surface area contributed by atoms with Gasteiger partial charge in [0.1, 0.15) is 12.0 Å². The molecule has 184 valence electrons. The minimum absolute atomic E-state index is 0.0843. The minimum atomic E-state index is -1.13. The van der Waals surface area contributed by atoms with Crippen LogP contribution >= 0.6 is 0 Å². The quantitative estimate of drug-likeness (QED) is 0.281. The van der Waals surface area contributed by atoms with Gasteiger partial charge in [0, 0.05) is 0 Å². The summed E-state index contributed by atoms with van der Waals surface area (Å²) in [7, 11) is 2.80. The second kappa shape index (κ2) is 9.31. The number of hydrogen-bond acceptors (Lipinski definition) is 8. The number of nitrogens with zero attached hydrogens (tertiary/aromatic N) is 3. The summed E-state index contributed by atoms with van der Waals surface area (Å²) in [5, 5.41) is 13.5. The molecule has 5 rings (SSSR count). The van der Waals surface area contributed by atoms with Crippen molar-refractivity contribution < 1.29 is 28.8 Å². The molecule has 0 aromatic heterocycles. The van der Waals surface area contributed by atoms with Crippen LogP contribution < -0.4 is 14.5 Å². The van der Waals surface area contributed by atoms with Crippen LogP contribution in [0.25, 0.3) is 0 Å². The molecule has 2 amide bonds. The smallest absolute Gasteiger partial charge is 0.278 e. The van der Waals surface area contributed by atoms with E-state index in [-0.39, 0.29) is 29.3 Å². The maximum Gasteiger partial charge on any atom is 0.278 e. The van der Waals surface area contributed by atoms with Crippen LogP contribution in [0.4, 0.5) is 11.4 Å². The second-order valence-electron chi connectivity index (χ2n) is 8.43. The van der Waals surface area contributed by atoms with Crippen molar-refractivity contribution in [3.05, 3.63) is 94.0 Å². The van der Waals surface area contributed by atoms with E-state index in [4.69, 9.17) is 14.3 Å². The molecule has 2 fully saturated rings. The van der Waals surface area contributed by atoms with Crippen LogP contribution in [-0.2, 0) is 21.0 Å². The van der Waals surface area contributed by atoms with Crippen molar-refractivity contribution in [2.75, 3.05) is 19.3 Å². The van der Waals surface area contributed by atoms with Crippen LogP contribution in [0.2, 0.25) is 0 Å². The molecule has 3 atom stereocenters. The lowest BCUT2D eigenvalue weighted by Crippen LogP contribution is -2.37. The molecular formula is C26H23N3O7.